The van der Waals surface area contributed by atoms with Gasteiger partial charge in [0.05, 0.1) is 0 Å². The van der Waals surface area contributed by atoms with Gasteiger partial charge in [0, 0.05) is 39.4 Å². The molecule has 4 rings (SSSR count). The first-order chi connectivity index (χ1) is 14.2. The van der Waals surface area contributed by atoms with Gasteiger partial charge in [0.25, 0.3) is 0 Å². The summed E-state index contributed by atoms with van der Waals surface area (Å²) < 4.78 is 6.21. The van der Waals surface area contributed by atoms with Gasteiger partial charge >= 0.3 is 6.01 Å². The molecule has 0 radical (unpaired) electrons. The van der Waals surface area contributed by atoms with Crippen molar-refractivity contribution in [1.29, 1.82) is 0 Å². The standard InChI is InChI=1S/C21H35N5O3/c27-14-16-6-10-25(11-7-16)19-22-20(26-12-8-17(15-28)9-13-26)24-21(23-19)29-18-4-2-1-3-5-18/h16-18,27-28H,1-15H2. The number of hydrogen-bond donors (Lipinski definition) is 2. The van der Waals surface area contributed by atoms with Gasteiger partial charge in [0.15, 0.2) is 0 Å². The molecule has 1 aliphatic carbocycles. The van der Waals surface area contributed by atoms with Crippen molar-refractivity contribution < 1.29 is 14.9 Å². The molecule has 3 fully saturated rings. The van der Waals surface area contributed by atoms with Crippen LogP contribution in [0.5, 0.6) is 6.01 Å². The summed E-state index contributed by atoms with van der Waals surface area (Å²) >= 11 is 0. The predicted octanol–water partition coefficient (Wildman–Crippen LogP) is 2.00. The second-order valence-corrected chi connectivity index (χ2v) is 8.82. The van der Waals surface area contributed by atoms with Crippen LogP contribution in [0.15, 0.2) is 0 Å². The highest BCUT2D eigenvalue weighted by atomic mass is 16.5. The zero-order chi connectivity index (χ0) is 20.1. The van der Waals surface area contributed by atoms with Gasteiger partial charge in [-0.3, -0.25) is 0 Å². The van der Waals surface area contributed by atoms with Crippen LogP contribution in [0.1, 0.15) is 57.8 Å². The SMILES string of the molecule is OCC1CCN(c2nc(OC3CCCCC3)nc(N3CCC(CO)CC3)n2)CC1. The fraction of sp³-hybridized carbons (Fsp3) is 0.857. The van der Waals surface area contributed by atoms with E-state index in [2.05, 4.69) is 19.8 Å². The number of nitrogens with zero attached hydrogens (tertiary/aromatic N) is 5. The van der Waals surface area contributed by atoms with E-state index in [4.69, 9.17) is 9.72 Å². The Labute approximate surface area is 173 Å². The zero-order valence-electron chi connectivity index (χ0n) is 17.4. The molecule has 2 aliphatic heterocycles. The molecule has 0 unspecified atom stereocenters. The Kier molecular flexibility index (Phi) is 7.02. The second kappa shape index (κ2) is 9.89. The molecule has 0 amide bonds. The van der Waals surface area contributed by atoms with Crippen molar-refractivity contribution in [2.75, 3.05) is 49.2 Å². The third-order valence-electron chi connectivity index (χ3n) is 6.73. The second-order valence-electron chi connectivity index (χ2n) is 8.82. The number of piperidine rings is 2. The van der Waals surface area contributed by atoms with E-state index in [1.54, 1.807) is 0 Å². The van der Waals surface area contributed by atoms with Crippen molar-refractivity contribution in [2.45, 2.75) is 63.9 Å². The fourth-order valence-corrected chi connectivity index (χ4v) is 4.63. The maximum absolute atomic E-state index is 9.43. The van der Waals surface area contributed by atoms with Gasteiger partial charge in [-0.15, -0.1) is 0 Å². The number of hydrogen-bond acceptors (Lipinski definition) is 8. The fourth-order valence-electron chi connectivity index (χ4n) is 4.63. The molecule has 1 aromatic rings. The Hall–Kier alpha value is -1.67. The molecule has 8 heteroatoms. The van der Waals surface area contributed by atoms with Crippen LogP contribution >= 0.6 is 0 Å². The first kappa shape index (κ1) is 20.6. The van der Waals surface area contributed by atoms with Gasteiger partial charge in [-0.05, 0) is 63.2 Å². The maximum atomic E-state index is 9.43. The Morgan fingerprint density at radius 1 is 0.690 bits per heavy atom. The van der Waals surface area contributed by atoms with E-state index >= 15 is 0 Å². The summed E-state index contributed by atoms with van der Waals surface area (Å²) in [5, 5.41) is 18.9. The minimum Gasteiger partial charge on any atom is -0.460 e. The van der Waals surface area contributed by atoms with Crippen LogP contribution in [-0.2, 0) is 0 Å². The largest absolute Gasteiger partial charge is 0.460 e. The average Bonchev–Trinajstić information content (AvgIpc) is 2.79. The van der Waals surface area contributed by atoms with E-state index in [9.17, 15) is 10.2 Å². The molecule has 0 spiro atoms. The number of ether oxygens (including phenoxy) is 1. The number of anilines is 2. The van der Waals surface area contributed by atoms with E-state index in [-0.39, 0.29) is 19.3 Å². The van der Waals surface area contributed by atoms with Crippen LogP contribution in [0, 0.1) is 11.8 Å². The average molecular weight is 406 g/mol. The molecular weight excluding hydrogens is 370 g/mol. The first-order valence-electron chi connectivity index (χ1n) is 11.4. The summed E-state index contributed by atoms with van der Waals surface area (Å²) in [5.41, 5.74) is 0. The summed E-state index contributed by atoms with van der Waals surface area (Å²) in [4.78, 5) is 18.6. The topological polar surface area (TPSA) is 94.8 Å². The molecule has 3 aliphatic rings. The monoisotopic (exact) mass is 405 g/mol. The third kappa shape index (κ3) is 5.28. The summed E-state index contributed by atoms with van der Waals surface area (Å²) in [7, 11) is 0. The van der Waals surface area contributed by atoms with Crippen LogP contribution in [0.4, 0.5) is 11.9 Å². The predicted molar refractivity (Wildman–Crippen MR) is 111 cm³/mol. The summed E-state index contributed by atoms with van der Waals surface area (Å²) in [5.74, 6) is 2.15. The van der Waals surface area contributed by atoms with Crippen molar-refractivity contribution >= 4 is 11.9 Å². The molecule has 3 heterocycles. The number of aliphatic hydroxyl groups is 2. The Bertz CT molecular complexity index is 597. The lowest BCUT2D eigenvalue weighted by Crippen LogP contribution is -2.38. The molecule has 1 aromatic heterocycles. The van der Waals surface area contributed by atoms with Crippen molar-refractivity contribution in [3.05, 3.63) is 0 Å². The van der Waals surface area contributed by atoms with Gasteiger partial charge in [-0.1, -0.05) is 6.42 Å². The molecule has 0 bridgehead atoms. The van der Waals surface area contributed by atoms with E-state index in [1.807, 2.05) is 0 Å². The quantitative estimate of drug-likeness (QED) is 0.742. The van der Waals surface area contributed by atoms with Crippen LogP contribution in [-0.4, -0.2) is 70.7 Å². The highest BCUT2D eigenvalue weighted by molar-refractivity contribution is 5.41. The maximum Gasteiger partial charge on any atom is 0.323 e. The van der Waals surface area contributed by atoms with Crippen LogP contribution < -0.4 is 14.5 Å². The third-order valence-corrected chi connectivity index (χ3v) is 6.73. The molecule has 0 aromatic carbocycles. The first-order valence-corrected chi connectivity index (χ1v) is 11.4. The highest BCUT2D eigenvalue weighted by Crippen LogP contribution is 2.28. The number of aliphatic hydroxyl groups excluding tert-OH is 2. The van der Waals surface area contributed by atoms with Crippen molar-refractivity contribution in [3.8, 4) is 6.01 Å². The van der Waals surface area contributed by atoms with E-state index < -0.39 is 0 Å². The minimum atomic E-state index is 0.201. The van der Waals surface area contributed by atoms with E-state index in [1.165, 1.54) is 19.3 Å². The van der Waals surface area contributed by atoms with Crippen LogP contribution in [0.25, 0.3) is 0 Å². The Morgan fingerprint density at radius 3 is 1.62 bits per heavy atom. The van der Waals surface area contributed by atoms with Gasteiger partial charge in [-0.25, -0.2) is 0 Å². The minimum absolute atomic E-state index is 0.201. The van der Waals surface area contributed by atoms with Crippen LogP contribution in [0.2, 0.25) is 0 Å². The molecule has 8 nitrogen and oxygen atoms in total. The molecule has 29 heavy (non-hydrogen) atoms. The molecule has 2 saturated heterocycles. The van der Waals surface area contributed by atoms with E-state index in [0.29, 0.717) is 29.7 Å². The van der Waals surface area contributed by atoms with Gasteiger partial charge in [0.2, 0.25) is 11.9 Å². The normalized spacial score (nSPS) is 22.8. The van der Waals surface area contributed by atoms with Crippen molar-refractivity contribution in [3.63, 3.8) is 0 Å². The molecule has 2 N–H and O–H groups in total. The van der Waals surface area contributed by atoms with Gasteiger partial charge < -0.3 is 24.7 Å². The number of rotatable bonds is 6. The summed E-state index contributed by atoms with van der Waals surface area (Å²) in [6.07, 6.45) is 9.87. The molecule has 162 valence electrons. The molecule has 0 atom stereocenters. The lowest BCUT2D eigenvalue weighted by atomic mass is 9.98. The number of aromatic nitrogens is 3. The zero-order valence-corrected chi connectivity index (χ0v) is 17.4. The summed E-state index contributed by atoms with van der Waals surface area (Å²) in [6.45, 7) is 3.92. The van der Waals surface area contributed by atoms with Crippen molar-refractivity contribution in [2.24, 2.45) is 11.8 Å². The van der Waals surface area contributed by atoms with Crippen LogP contribution in [0.3, 0.4) is 0 Å². The van der Waals surface area contributed by atoms with E-state index in [0.717, 1.165) is 64.7 Å². The lowest BCUT2D eigenvalue weighted by molar-refractivity contribution is 0.141. The highest BCUT2D eigenvalue weighted by Gasteiger charge is 2.26. The smallest absolute Gasteiger partial charge is 0.323 e. The Balaban J connectivity index is 1.52. The lowest BCUT2D eigenvalue weighted by Gasteiger charge is -2.34. The van der Waals surface area contributed by atoms with Gasteiger partial charge in [-0.2, -0.15) is 15.0 Å². The van der Waals surface area contributed by atoms with Gasteiger partial charge in [0.1, 0.15) is 6.10 Å². The molecular formula is C21H35N5O3. The summed E-state index contributed by atoms with van der Waals surface area (Å²) in [6, 6.07) is 0.450. The van der Waals surface area contributed by atoms with Crippen molar-refractivity contribution in [1.82, 2.24) is 15.0 Å². The Morgan fingerprint density at radius 2 is 1.17 bits per heavy atom. The molecule has 1 saturated carbocycles.